The van der Waals surface area contributed by atoms with Crippen molar-refractivity contribution in [2.45, 2.75) is 82.3 Å². The first kappa shape index (κ1) is 28.2. The fourth-order valence-electron chi connectivity index (χ4n) is 6.47. The van der Waals surface area contributed by atoms with E-state index in [1.165, 1.54) is 6.07 Å². The number of likely N-dealkylation sites (tertiary alicyclic amines) is 2. The molecule has 5 atom stereocenters. The lowest BCUT2D eigenvalue weighted by molar-refractivity contribution is 0.0720. The maximum Gasteiger partial charge on any atom is 0.257 e. The molecule has 2 aromatic carbocycles. The second-order valence-electron chi connectivity index (χ2n) is 11.9. The van der Waals surface area contributed by atoms with Crippen molar-refractivity contribution >= 4 is 29.1 Å². The third kappa shape index (κ3) is 6.29. The molecule has 2 aromatic rings. The van der Waals surface area contributed by atoms with Gasteiger partial charge in [-0.3, -0.25) is 9.69 Å². The lowest BCUT2D eigenvalue weighted by atomic mass is 9.95. The summed E-state index contributed by atoms with van der Waals surface area (Å²) in [5.74, 6) is 0.376. The van der Waals surface area contributed by atoms with Crippen molar-refractivity contribution < 1.29 is 23.8 Å². The average molecular weight is 592 g/mol. The van der Waals surface area contributed by atoms with Crippen LogP contribution < -0.4 is 4.74 Å². The molecule has 40 heavy (non-hydrogen) atoms. The molecular formula is C31H37Cl2FN2O4. The first-order valence-electron chi connectivity index (χ1n) is 14.6. The summed E-state index contributed by atoms with van der Waals surface area (Å²) in [6.07, 6.45) is 5.51. The van der Waals surface area contributed by atoms with E-state index in [0.717, 1.165) is 62.7 Å². The number of aliphatic hydroxyl groups is 1. The molecular weight excluding hydrogens is 554 g/mol. The van der Waals surface area contributed by atoms with Crippen LogP contribution in [0.1, 0.15) is 85.3 Å². The number of amides is 1. The molecule has 0 radical (unpaired) electrons. The van der Waals surface area contributed by atoms with E-state index >= 15 is 4.39 Å². The molecule has 6 rings (SSSR count). The van der Waals surface area contributed by atoms with E-state index in [4.69, 9.17) is 32.7 Å². The lowest BCUT2D eigenvalue weighted by Gasteiger charge is -2.37. The molecule has 4 fully saturated rings. The summed E-state index contributed by atoms with van der Waals surface area (Å²) in [6.45, 7) is 5.14. The Bertz CT molecular complexity index is 1240. The number of epoxide rings is 1. The summed E-state index contributed by atoms with van der Waals surface area (Å²) < 4.78 is 26.9. The molecule has 1 N–H and O–H groups in total. The molecule has 0 spiro atoms. The van der Waals surface area contributed by atoms with Crippen molar-refractivity contribution in [2.75, 3.05) is 26.2 Å². The van der Waals surface area contributed by atoms with E-state index in [2.05, 4.69) is 11.8 Å². The third-order valence-corrected chi connectivity index (χ3v) is 9.42. The fourth-order valence-corrected chi connectivity index (χ4v) is 7.01. The minimum absolute atomic E-state index is 0.0334. The van der Waals surface area contributed by atoms with Gasteiger partial charge in [0.25, 0.3) is 5.91 Å². The molecule has 1 aliphatic carbocycles. The van der Waals surface area contributed by atoms with Crippen LogP contribution in [0.2, 0.25) is 10.0 Å². The molecule has 1 amide bonds. The van der Waals surface area contributed by atoms with Crippen molar-refractivity contribution in [1.82, 2.24) is 9.80 Å². The first-order chi connectivity index (χ1) is 19.3. The van der Waals surface area contributed by atoms with Gasteiger partial charge in [-0.2, -0.15) is 0 Å². The summed E-state index contributed by atoms with van der Waals surface area (Å²) in [5, 5.41) is 10.8. The largest absolute Gasteiger partial charge is 0.493 e. The highest BCUT2D eigenvalue weighted by Gasteiger charge is 2.42. The van der Waals surface area contributed by atoms with E-state index in [9.17, 15) is 9.90 Å². The van der Waals surface area contributed by atoms with Crippen LogP contribution in [0.3, 0.4) is 0 Å². The van der Waals surface area contributed by atoms with E-state index in [-0.39, 0.29) is 29.7 Å². The SMILES string of the molecule is C[C@H](c1cc(Cl)cc(Cl)c1)N1CCC[C@H](COc2cc(F)c(C(=O)N3CCC[C@H]3CC3OC3O)cc2C2CC2)C1. The van der Waals surface area contributed by atoms with Crippen LogP contribution in [-0.4, -0.2) is 65.5 Å². The number of piperidine rings is 1. The van der Waals surface area contributed by atoms with Gasteiger partial charge in [-0.05, 0) is 99.7 Å². The summed E-state index contributed by atoms with van der Waals surface area (Å²) in [6, 6.07) is 9.00. The van der Waals surface area contributed by atoms with Crippen molar-refractivity contribution in [3.8, 4) is 5.75 Å². The molecule has 2 unspecified atom stereocenters. The third-order valence-electron chi connectivity index (χ3n) is 8.99. The Morgan fingerprint density at radius 3 is 2.52 bits per heavy atom. The van der Waals surface area contributed by atoms with Gasteiger partial charge in [-0.15, -0.1) is 0 Å². The van der Waals surface area contributed by atoms with Gasteiger partial charge in [0.1, 0.15) is 17.7 Å². The number of rotatable bonds is 9. The number of ether oxygens (including phenoxy) is 2. The van der Waals surface area contributed by atoms with Crippen molar-refractivity contribution in [3.05, 3.63) is 62.9 Å². The number of hydrogen-bond donors (Lipinski definition) is 1. The number of carbonyl (C=O) groups excluding carboxylic acids is 1. The van der Waals surface area contributed by atoms with Crippen molar-refractivity contribution in [1.29, 1.82) is 0 Å². The summed E-state index contributed by atoms with van der Waals surface area (Å²) in [4.78, 5) is 17.6. The van der Waals surface area contributed by atoms with Gasteiger partial charge in [0.2, 0.25) is 0 Å². The Morgan fingerprint density at radius 1 is 1.10 bits per heavy atom. The standard InChI is InChI=1S/C31H37Cl2FN2O4/c1-18(21-10-22(32)12-23(33)11-21)35-8-2-4-19(16-35)17-39-28-15-27(34)26(14-25(28)20-6-7-20)30(37)36-9-3-5-24(36)13-29-31(38)40-29/h10-12,14-15,18-20,24,29,31,38H,2-9,13,16-17H2,1H3/t18-,19+,24+,29?,31?/m1/s1. The molecule has 216 valence electrons. The zero-order chi connectivity index (χ0) is 28.0. The van der Waals surface area contributed by atoms with Gasteiger partial charge in [-0.1, -0.05) is 23.2 Å². The highest BCUT2D eigenvalue weighted by atomic mass is 35.5. The smallest absolute Gasteiger partial charge is 0.257 e. The number of halogens is 3. The van der Waals surface area contributed by atoms with E-state index < -0.39 is 12.1 Å². The normalized spacial score (nSPS) is 27.6. The maximum atomic E-state index is 15.4. The number of carbonyl (C=O) groups is 1. The van der Waals surface area contributed by atoms with Crippen LogP contribution >= 0.6 is 23.2 Å². The second kappa shape index (κ2) is 11.8. The van der Waals surface area contributed by atoms with Gasteiger partial charge >= 0.3 is 0 Å². The maximum absolute atomic E-state index is 15.4. The fraction of sp³-hybridized carbons (Fsp3) is 0.581. The Hall–Kier alpha value is -1.90. The summed E-state index contributed by atoms with van der Waals surface area (Å²) in [5.41, 5.74) is 2.16. The Labute approximate surface area is 245 Å². The van der Waals surface area contributed by atoms with Crippen LogP contribution in [0, 0.1) is 11.7 Å². The number of hydrogen-bond acceptors (Lipinski definition) is 5. The zero-order valence-electron chi connectivity index (χ0n) is 22.8. The van der Waals surface area contributed by atoms with E-state index in [1.54, 1.807) is 17.0 Å². The number of benzene rings is 2. The lowest BCUT2D eigenvalue weighted by Crippen LogP contribution is -2.39. The van der Waals surface area contributed by atoms with Crippen molar-refractivity contribution in [3.63, 3.8) is 0 Å². The predicted octanol–water partition coefficient (Wildman–Crippen LogP) is 6.57. The van der Waals surface area contributed by atoms with Crippen molar-refractivity contribution in [2.24, 2.45) is 5.92 Å². The highest BCUT2D eigenvalue weighted by molar-refractivity contribution is 6.34. The van der Waals surface area contributed by atoms with Crippen LogP contribution in [0.5, 0.6) is 5.75 Å². The monoisotopic (exact) mass is 590 g/mol. The van der Waals surface area contributed by atoms with Crippen LogP contribution in [0.4, 0.5) is 4.39 Å². The quantitative estimate of drug-likeness (QED) is 0.334. The topological polar surface area (TPSA) is 65.5 Å². The molecule has 9 heteroatoms. The van der Waals surface area contributed by atoms with Crippen LogP contribution in [0.15, 0.2) is 30.3 Å². The summed E-state index contributed by atoms with van der Waals surface area (Å²) >= 11 is 12.5. The Morgan fingerprint density at radius 2 is 1.82 bits per heavy atom. The van der Waals surface area contributed by atoms with Gasteiger partial charge in [0.15, 0.2) is 6.29 Å². The van der Waals surface area contributed by atoms with Crippen LogP contribution in [0.25, 0.3) is 0 Å². The van der Waals surface area contributed by atoms with E-state index in [1.807, 2.05) is 12.1 Å². The molecule has 4 aliphatic rings. The average Bonchev–Trinajstić information content (AvgIpc) is 3.84. The predicted molar refractivity (Wildman–Crippen MR) is 153 cm³/mol. The minimum atomic E-state index is -0.734. The second-order valence-corrected chi connectivity index (χ2v) is 12.8. The molecule has 0 bridgehead atoms. The van der Waals surface area contributed by atoms with Gasteiger partial charge in [0, 0.05) is 47.2 Å². The number of aliphatic hydroxyl groups excluding tert-OH is 1. The molecule has 3 saturated heterocycles. The Kier molecular flexibility index (Phi) is 8.30. The minimum Gasteiger partial charge on any atom is -0.493 e. The zero-order valence-corrected chi connectivity index (χ0v) is 24.3. The van der Waals surface area contributed by atoms with E-state index in [0.29, 0.717) is 47.2 Å². The van der Waals surface area contributed by atoms with Gasteiger partial charge in [-0.25, -0.2) is 4.39 Å². The first-order valence-corrected chi connectivity index (χ1v) is 15.3. The summed E-state index contributed by atoms with van der Waals surface area (Å²) in [7, 11) is 0. The number of nitrogens with zero attached hydrogens (tertiary/aromatic N) is 2. The highest BCUT2D eigenvalue weighted by Crippen LogP contribution is 2.46. The Balaban J connectivity index is 1.12. The molecule has 6 nitrogen and oxygen atoms in total. The van der Waals surface area contributed by atoms with Gasteiger partial charge in [0.05, 0.1) is 12.2 Å². The molecule has 3 heterocycles. The molecule has 3 aliphatic heterocycles. The molecule has 0 aromatic heterocycles. The van der Waals surface area contributed by atoms with Gasteiger partial charge < -0.3 is 19.5 Å². The molecule has 1 saturated carbocycles. The van der Waals surface area contributed by atoms with Crippen LogP contribution in [-0.2, 0) is 4.74 Å².